The lowest BCUT2D eigenvalue weighted by molar-refractivity contribution is 0.669. The van der Waals surface area contributed by atoms with E-state index in [0.29, 0.717) is 0 Å². The van der Waals surface area contributed by atoms with Crippen LogP contribution in [-0.4, -0.2) is 4.98 Å². The molecule has 3 nitrogen and oxygen atoms in total. The molecule has 0 saturated carbocycles. The molecular weight excluding hydrogens is 617 g/mol. The Kier molecular flexibility index (Phi) is 6.36. The highest BCUT2D eigenvalue weighted by Crippen LogP contribution is 2.45. The number of nitrogens with zero attached hydrogens (tertiary/aromatic N) is 2. The fourth-order valence-corrected chi connectivity index (χ4v) is 8.30. The number of fused-ring (bicyclic) bond motifs is 8. The third-order valence-electron chi connectivity index (χ3n) is 9.47. The smallest absolute Gasteiger partial charge is 0.135 e. The van der Waals surface area contributed by atoms with Crippen molar-refractivity contribution in [3.8, 4) is 21.7 Å². The number of furan rings is 1. The summed E-state index contributed by atoms with van der Waals surface area (Å²) in [6.45, 7) is 0. The van der Waals surface area contributed by atoms with Crippen molar-refractivity contribution in [1.82, 2.24) is 4.98 Å². The summed E-state index contributed by atoms with van der Waals surface area (Å²) < 4.78 is 7.46. The quantitative estimate of drug-likeness (QED) is 0.175. The standard InChI is InChI=1S/C45H28N2OS/c1-3-11-29(12-4-1)35-15-7-9-17-40(35)47(34-24-26-42-38(28-34)36-16-8-10-18-41(36)48-42)33-23-21-30-19-20-31-22-25-39-44(43(31)37(30)27-33)49-45(46-39)32-13-5-2-6-14-32/h1-28H. The predicted molar refractivity (Wildman–Crippen MR) is 207 cm³/mol. The van der Waals surface area contributed by atoms with Crippen molar-refractivity contribution in [3.05, 3.63) is 170 Å². The Morgan fingerprint density at radius 2 is 1.12 bits per heavy atom. The highest BCUT2D eigenvalue weighted by Gasteiger charge is 2.20. The van der Waals surface area contributed by atoms with Crippen LogP contribution in [0, 0.1) is 0 Å². The number of rotatable bonds is 5. The lowest BCUT2D eigenvalue weighted by Gasteiger charge is -2.28. The molecule has 0 spiro atoms. The van der Waals surface area contributed by atoms with Crippen molar-refractivity contribution < 1.29 is 4.42 Å². The van der Waals surface area contributed by atoms with Crippen molar-refractivity contribution in [2.75, 3.05) is 4.90 Å². The van der Waals surface area contributed by atoms with Gasteiger partial charge >= 0.3 is 0 Å². The summed E-state index contributed by atoms with van der Waals surface area (Å²) in [5.74, 6) is 0. The van der Waals surface area contributed by atoms with E-state index in [1.165, 1.54) is 31.8 Å². The van der Waals surface area contributed by atoms with Gasteiger partial charge in [0.25, 0.3) is 0 Å². The van der Waals surface area contributed by atoms with Crippen molar-refractivity contribution >= 4 is 82.1 Å². The number of anilines is 3. The summed E-state index contributed by atoms with van der Waals surface area (Å²) >= 11 is 1.77. The highest BCUT2D eigenvalue weighted by molar-refractivity contribution is 7.22. The first-order valence-corrected chi connectivity index (χ1v) is 17.3. The number of benzene rings is 8. The molecule has 10 aromatic rings. The summed E-state index contributed by atoms with van der Waals surface area (Å²) in [6, 6.07) is 60.3. The van der Waals surface area contributed by atoms with E-state index in [2.05, 4.69) is 163 Å². The third kappa shape index (κ3) is 4.61. The Balaban J connectivity index is 1.25. The zero-order chi connectivity index (χ0) is 32.3. The summed E-state index contributed by atoms with van der Waals surface area (Å²) in [7, 11) is 0. The van der Waals surface area contributed by atoms with Crippen LogP contribution in [0.2, 0.25) is 0 Å². The molecule has 8 aromatic carbocycles. The Morgan fingerprint density at radius 3 is 1.98 bits per heavy atom. The zero-order valence-electron chi connectivity index (χ0n) is 26.4. The van der Waals surface area contributed by atoms with Gasteiger partial charge in [-0.25, -0.2) is 4.98 Å². The summed E-state index contributed by atoms with van der Waals surface area (Å²) in [5.41, 5.74) is 9.53. The van der Waals surface area contributed by atoms with Crippen molar-refractivity contribution in [1.29, 1.82) is 0 Å². The van der Waals surface area contributed by atoms with E-state index in [0.717, 1.165) is 60.7 Å². The molecule has 0 fully saturated rings. The van der Waals surface area contributed by atoms with Gasteiger partial charge in [0.05, 0.1) is 15.9 Å². The molecule has 0 aliphatic heterocycles. The molecule has 0 N–H and O–H groups in total. The van der Waals surface area contributed by atoms with E-state index in [1.54, 1.807) is 11.3 Å². The van der Waals surface area contributed by atoms with Gasteiger partial charge in [-0.2, -0.15) is 0 Å². The van der Waals surface area contributed by atoms with Crippen LogP contribution in [0.4, 0.5) is 17.1 Å². The van der Waals surface area contributed by atoms with Gasteiger partial charge in [-0.15, -0.1) is 11.3 Å². The molecule has 0 amide bonds. The molecule has 2 heterocycles. The van der Waals surface area contributed by atoms with Gasteiger partial charge in [-0.05, 0) is 70.3 Å². The number of aromatic nitrogens is 1. The van der Waals surface area contributed by atoms with E-state index >= 15 is 0 Å². The van der Waals surface area contributed by atoms with Crippen molar-refractivity contribution in [2.45, 2.75) is 0 Å². The molecule has 230 valence electrons. The monoisotopic (exact) mass is 644 g/mol. The molecule has 0 bridgehead atoms. The largest absolute Gasteiger partial charge is 0.456 e. The maximum absolute atomic E-state index is 6.25. The van der Waals surface area contributed by atoms with Crippen LogP contribution in [0.1, 0.15) is 0 Å². The first-order valence-electron chi connectivity index (χ1n) is 16.5. The van der Waals surface area contributed by atoms with Gasteiger partial charge < -0.3 is 9.32 Å². The Labute approximate surface area is 286 Å². The second kappa shape index (κ2) is 11.2. The molecule has 0 aliphatic carbocycles. The number of hydrogen-bond donors (Lipinski definition) is 0. The summed E-state index contributed by atoms with van der Waals surface area (Å²) in [4.78, 5) is 7.48. The molecule has 0 saturated heterocycles. The van der Waals surface area contributed by atoms with Gasteiger partial charge in [-0.3, -0.25) is 0 Å². The van der Waals surface area contributed by atoms with Gasteiger partial charge in [0.1, 0.15) is 16.2 Å². The SMILES string of the molecule is c1ccc(-c2nc3ccc4ccc5ccc(N(c6ccc7oc8ccccc8c7c6)c6ccccc6-c6ccccc6)cc5c4c3s2)cc1. The van der Waals surface area contributed by atoms with Gasteiger partial charge in [0.2, 0.25) is 0 Å². The van der Waals surface area contributed by atoms with Crippen LogP contribution in [0.15, 0.2) is 174 Å². The first kappa shape index (κ1) is 27.8. The molecular formula is C45H28N2OS. The predicted octanol–water partition coefficient (Wildman–Crippen LogP) is 13.3. The molecule has 0 unspecified atom stereocenters. The molecule has 49 heavy (non-hydrogen) atoms. The minimum Gasteiger partial charge on any atom is -0.456 e. The van der Waals surface area contributed by atoms with Crippen molar-refractivity contribution in [2.24, 2.45) is 0 Å². The maximum Gasteiger partial charge on any atom is 0.135 e. The van der Waals surface area contributed by atoms with Crippen LogP contribution in [0.25, 0.3) is 75.4 Å². The average molecular weight is 645 g/mol. The third-order valence-corrected chi connectivity index (χ3v) is 10.6. The molecule has 4 heteroatoms. The fourth-order valence-electron chi connectivity index (χ4n) is 7.16. The van der Waals surface area contributed by atoms with Crippen LogP contribution in [0.5, 0.6) is 0 Å². The van der Waals surface area contributed by atoms with Crippen LogP contribution >= 0.6 is 11.3 Å². The second-order valence-electron chi connectivity index (χ2n) is 12.4. The Morgan fingerprint density at radius 1 is 0.490 bits per heavy atom. The average Bonchev–Trinajstić information content (AvgIpc) is 3.78. The van der Waals surface area contributed by atoms with E-state index in [1.807, 2.05) is 12.1 Å². The highest BCUT2D eigenvalue weighted by atomic mass is 32.1. The Bertz CT molecular complexity index is 2840. The Hall–Kier alpha value is -6.23. The lowest BCUT2D eigenvalue weighted by atomic mass is 9.99. The molecule has 0 aliphatic rings. The lowest BCUT2D eigenvalue weighted by Crippen LogP contribution is -2.11. The summed E-state index contributed by atoms with van der Waals surface area (Å²) in [5, 5.41) is 8.11. The van der Waals surface area contributed by atoms with E-state index in [4.69, 9.17) is 9.40 Å². The molecule has 0 atom stereocenters. The maximum atomic E-state index is 6.25. The van der Waals surface area contributed by atoms with Crippen LogP contribution < -0.4 is 4.90 Å². The van der Waals surface area contributed by atoms with E-state index in [-0.39, 0.29) is 0 Å². The normalized spacial score (nSPS) is 11.7. The topological polar surface area (TPSA) is 29.3 Å². The summed E-state index contributed by atoms with van der Waals surface area (Å²) in [6.07, 6.45) is 0. The molecule has 0 radical (unpaired) electrons. The van der Waals surface area contributed by atoms with Gasteiger partial charge in [-0.1, -0.05) is 121 Å². The number of hydrogen-bond acceptors (Lipinski definition) is 4. The van der Waals surface area contributed by atoms with Gasteiger partial charge in [0, 0.05) is 38.7 Å². The minimum atomic E-state index is 0.882. The first-order chi connectivity index (χ1) is 24.3. The number of thiazole rings is 1. The molecule has 2 aromatic heterocycles. The van der Waals surface area contributed by atoms with Crippen LogP contribution in [-0.2, 0) is 0 Å². The zero-order valence-corrected chi connectivity index (χ0v) is 27.2. The molecule has 10 rings (SSSR count). The fraction of sp³-hybridized carbons (Fsp3) is 0. The van der Waals surface area contributed by atoms with Crippen molar-refractivity contribution in [3.63, 3.8) is 0 Å². The van der Waals surface area contributed by atoms with Crippen LogP contribution in [0.3, 0.4) is 0 Å². The van der Waals surface area contributed by atoms with Gasteiger partial charge in [0.15, 0.2) is 0 Å². The van der Waals surface area contributed by atoms with E-state index < -0.39 is 0 Å². The minimum absolute atomic E-state index is 0.882. The number of para-hydroxylation sites is 2. The van der Waals surface area contributed by atoms with E-state index in [9.17, 15) is 0 Å². The second-order valence-corrected chi connectivity index (χ2v) is 13.4.